The monoisotopic (exact) mass is 305 g/mol. The van der Waals surface area contributed by atoms with Gasteiger partial charge in [0.05, 0.1) is 0 Å². The summed E-state index contributed by atoms with van der Waals surface area (Å²) in [4.78, 5) is 12.8. The zero-order chi connectivity index (χ0) is 15.7. The van der Waals surface area contributed by atoms with Crippen LogP contribution in [0, 0.1) is 41.5 Å². The summed E-state index contributed by atoms with van der Waals surface area (Å²) in [6.45, 7) is 12.5. The zero-order valence-electron chi connectivity index (χ0n) is 14.7. The van der Waals surface area contributed by atoms with Crippen LogP contribution in [0.1, 0.15) is 43.7 Å². The normalized spacial score (nSPS) is 10.8. The average Bonchev–Trinajstić information content (AvgIpc) is 2.39. The molecule has 2 rings (SSSR count). The van der Waals surface area contributed by atoms with E-state index in [4.69, 9.17) is 0 Å². The quantitative estimate of drug-likeness (QED) is 0.610. The van der Waals surface area contributed by atoms with Crippen molar-refractivity contribution in [3.63, 3.8) is 0 Å². The molecule has 0 aromatic heterocycles. The van der Waals surface area contributed by atoms with Gasteiger partial charge in [0.2, 0.25) is 0 Å². The van der Waals surface area contributed by atoms with Crippen LogP contribution in [-0.4, -0.2) is 24.4 Å². The molecular weight excluding hydrogens is 282 g/mol. The summed E-state index contributed by atoms with van der Waals surface area (Å²) >= 11 is 0. The fourth-order valence-electron chi connectivity index (χ4n) is 2.77. The van der Waals surface area contributed by atoms with E-state index in [-0.39, 0.29) is 33.0 Å². The summed E-state index contributed by atoms with van der Waals surface area (Å²) < 4.78 is 0. The Hall–Kier alpha value is -0.863. The van der Waals surface area contributed by atoms with Gasteiger partial charge in [0.15, 0.2) is 5.52 Å². The molecule has 0 heterocycles. The SMILES string of the molecule is Cc1ccc(PC(=O)c2c(C)cc(C)c(C)c2C)c(C)c1.[Li]. The zero-order valence-corrected chi connectivity index (χ0v) is 15.7. The summed E-state index contributed by atoms with van der Waals surface area (Å²) in [5.41, 5.74) is 8.34. The molecule has 0 N–H and O–H groups in total. The van der Waals surface area contributed by atoms with Crippen LogP contribution in [0.15, 0.2) is 24.3 Å². The number of aryl methyl sites for hydroxylation is 4. The van der Waals surface area contributed by atoms with Crippen LogP contribution >= 0.6 is 8.58 Å². The third-order valence-corrected chi connectivity index (χ3v) is 5.52. The molecule has 0 amide bonds. The molecule has 0 spiro atoms. The predicted octanol–water partition coefficient (Wildman–Crippen LogP) is 4.30. The van der Waals surface area contributed by atoms with Gasteiger partial charge in [-0.15, -0.1) is 0 Å². The van der Waals surface area contributed by atoms with Crippen LogP contribution in [0.25, 0.3) is 0 Å². The van der Waals surface area contributed by atoms with Crippen molar-refractivity contribution in [3.8, 4) is 0 Å². The Labute approximate surface area is 147 Å². The van der Waals surface area contributed by atoms with Gasteiger partial charge in [-0.2, -0.15) is 0 Å². The molecule has 22 heavy (non-hydrogen) atoms. The van der Waals surface area contributed by atoms with Crippen molar-refractivity contribution in [2.24, 2.45) is 0 Å². The van der Waals surface area contributed by atoms with E-state index in [1.165, 1.54) is 22.3 Å². The fourth-order valence-corrected chi connectivity index (χ4v) is 3.96. The maximum Gasteiger partial charge on any atom is 0.186 e. The molecule has 3 heteroatoms. The van der Waals surface area contributed by atoms with Crippen molar-refractivity contribution >= 4 is 38.3 Å². The minimum absolute atomic E-state index is 0. The van der Waals surface area contributed by atoms with Crippen LogP contribution in [0.5, 0.6) is 0 Å². The fraction of sp³-hybridized carbons (Fsp3) is 0.316. The van der Waals surface area contributed by atoms with Gasteiger partial charge in [-0.25, -0.2) is 0 Å². The second kappa shape index (κ2) is 7.61. The van der Waals surface area contributed by atoms with Crippen LogP contribution < -0.4 is 5.30 Å². The summed E-state index contributed by atoms with van der Waals surface area (Å²) in [5.74, 6) is 0. The average molecular weight is 305 g/mol. The van der Waals surface area contributed by atoms with E-state index >= 15 is 0 Å². The Morgan fingerprint density at radius 1 is 0.818 bits per heavy atom. The van der Waals surface area contributed by atoms with Crippen LogP contribution in [-0.2, 0) is 0 Å². The summed E-state index contributed by atoms with van der Waals surface area (Å²) in [7, 11) is 0.198. The van der Waals surface area contributed by atoms with Crippen molar-refractivity contribution in [1.29, 1.82) is 0 Å². The topological polar surface area (TPSA) is 17.1 Å². The van der Waals surface area contributed by atoms with Crippen molar-refractivity contribution < 1.29 is 4.79 Å². The Morgan fingerprint density at radius 3 is 2.05 bits per heavy atom. The molecule has 1 unspecified atom stereocenters. The number of hydrogen-bond acceptors (Lipinski definition) is 1. The van der Waals surface area contributed by atoms with Gasteiger partial charge in [0.25, 0.3) is 0 Å². The number of carbonyl (C=O) groups excluding carboxylic acids is 1. The van der Waals surface area contributed by atoms with E-state index in [1.54, 1.807) is 0 Å². The molecule has 0 fully saturated rings. The van der Waals surface area contributed by atoms with E-state index in [2.05, 4.69) is 58.9 Å². The smallest absolute Gasteiger partial charge is 0.186 e. The molecule has 2 aromatic rings. The minimum atomic E-state index is 0. The molecule has 0 aliphatic heterocycles. The third-order valence-electron chi connectivity index (χ3n) is 4.21. The van der Waals surface area contributed by atoms with Gasteiger partial charge >= 0.3 is 0 Å². The molecule has 0 aliphatic carbocycles. The van der Waals surface area contributed by atoms with Crippen LogP contribution in [0.4, 0.5) is 0 Å². The molecular formula is C19H23LiOP. The number of benzene rings is 2. The molecule has 0 saturated heterocycles. The largest absolute Gasteiger partial charge is 0.289 e. The summed E-state index contributed by atoms with van der Waals surface area (Å²) in [6, 6.07) is 8.45. The van der Waals surface area contributed by atoms with Gasteiger partial charge in [-0.1, -0.05) is 29.8 Å². The number of carbonyl (C=O) groups is 1. The molecule has 111 valence electrons. The summed E-state index contributed by atoms with van der Waals surface area (Å²) in [6.07, 6.45) is 0. The van der Waals surface area contributed by atoms with Crippen LogP contribution in [0.2, 0.25) is 0 Å². The maximum atomic E-state index is 12.8. The Bertz CT molecular complexity index is 720. The first-order valence-corrected chi connectivity index (χ1v) is 8.27. The number of hydrogen-bond donors (Lipinski definition) is 0. The first kappa shape index (κ1) is 19.2. The Morgan fingerprint density at radius 2 is 1.45 bits per heavy atom. The first-order chi connectivity index (χ1) is 9.81. The molecule has 1 nitrogen and oxygen atoms in total. The minimum Gasteiger partial charge on any atom is -0.289 e. The van der Waals surface area contributed by atoms with Crippen molar-refractivity contribution in [1.82, 2.24) is 0 Å². The van der Waals surface area contributed by atoms with E-state index < -0.39 is 0 Å². The van der Waals surface area contributed by atoms with Crippen molar-refractivity contribution in [2.75, 3.05) is 0 Å². The van der Waals surface area contributed by atoms with E-state index in [1.807, 2.05) is 6.92 Å². The second-order valence-electron chi connectivity index (χ2n) is 5.91. The molecule has 0 bridgehead atoms. The second-order valence-corrected chi connectivity index (χ2v) is 7.15. The summed E-state index contributed by atoms with van der Waals surface area (Å²) in [5, 5.41) is 1.16. The van der Waals surface area contributed by atoms with Crippen molar-refractivity contribution in [2.45, 2.75) is 41.5 Å². The van der Waals surface area contributed by atoms with Crippen molar-refractivity contribution in [3.05, 3.63) is 63.2 Å². The Balaban J connectivity index is 0.00000242. The Kier molecular flexibility index (Phi) is 6.63. The van der Waals surface area contributed by atoms with E-state index in [0.29, 0.717) is 0 Å². The molecule has 0 saturated carbocycles. The molecule has 1 radical (unpaired) electrons. The molecule has 2 aromatic carbocycles. The van der Waals surface area contributed by atoms with Gasteiger partial charge in [0.1, 0.15) is 0 Å². The van der Waals surface area contributed by atoms with E-state index in [0.717, 1.165) is 22.0 Å². The standard InChI is InChI=1S/C19H23OP.Li/c1-11-7-8-17(13(3)9-11)21-19(20)18-14(4)10-12(2)15(5)16(18)6;/h7-10,21H,1-6H3;. The first-order valence-electron chi connectivity index (χ1n) is 7.27. The van der Waals surface area contributed by atoms with Crippen LogP contribution in [0.3, 0.4) is 0 Å². The van der Waals surface area contributed by atoms with Gasteiger partial charge in [-0.05, 0) is 83.2 Å². The molecule has 0 aliphatic rings. The number of rotatable bonds is 3. The van der Waals surface area contributed by atoms with Gasteiger partial charge < -0.3 is 0 Å². The van der Waals surface area contributed by atoms with Gasteiger partial charge in [-0.3, -0.25) is 4.79 Å². The molecule has 1 atom stereocenters. The van der Waals surface area contributed by atoms with Gasteiger partial charge in [0, 0.05) is 24.4 Å². The third kappa shape index (κ3) is 3.91. The predicted molar refractivity (Wildman–Crippen MR) is 99.3 cm³/mol. The maximum absolute atomic E-state index is 12.8. The van der Waals surface area contributed by atoms with E-state index in [9.17, 15) is 4.79 Å².